The Morgan fingerprint density at radius 1 is 0.744 bits per heavy atom. The number of hydrogen-bond donors (Lipinski definition) is 2. The topological polar surface area (TPSA) is 136 Å². The van der Waals surface area contributed by atoms with E-state index in [1.165, 1.54) is 37.3 Å². The van der Waals surface area contributed by atoms with Gasteiger partial charge >= 0.3 is 5.97 Å². The molecule has 0 radical (unpaired) electrons. The summed E-state index contributed by atoms with van der Waals surface area (Å²) in [6.45, 7) is 2.74. The number of esters is 1. The van der Waals surface area contributed by atoms with E-state index in [4.69, 9.17) is 4.74 Å². The molecule has 0 aliphatic heterocycles. The number of rotatable bonds is 10. The Kier molecular flexibility index (Phi) is 8.03. The molecule has 0 aliphatic carbocycles. The molecule has 2 N–H and O–H groups in total. The maximum absolute atomic E-state index is 13.4. The van der Waals surface area contributed by atoms with Crippen LogP contribution in [-0.4, -0.2) is 35.2 Å². The summed E-state index contributed by atoms with van der Waals surface area (Å²) >= 11 is 0. The van der Waals surface area contributed by atoms with Crippen molar-refractivity contribution in [1.82, 2.24) is 0 Å². The third-order valence-electron chi connectivity index (χ3n) is 5.90. The lowest BCUT2D eigenvalue weighted by molar-refractivity contribution is -0.147. The Balaban J connectivity index is 1.99. The average Bonchev–Trinajstić information content (AvgIpc) is 2.91. The highest BCUT2D eigenvalue weighted by Crippen LogP contribution is 2.40. The van der Waals surface area contributed by atoms with Gasteiger partial charge in [-0.05, 0) is 44.2 Å². The molecular formula is C28H26N2O7S2. The number of carbonyl (C=O) groups is 2. The van der Waals surface area contributed by atoms with E-state index in [0.717, 1.165) is 0 Å². The smallest absolute Gasteiger partial charge is 0.321 e. The molecule has 0 unspecified atom stereocenters. The molecule has 1 atom stereocenters. The van der Waals surface area contributed by atoms with Gasteiger partial charge in [0.25, 0.3) is 20.0 Å². The van der Waals surface area contributed by atoms with E-state index in [9.17, 15) is 26.4 Å². The first-order valence-electron chi connectivity index (χ1n) is 11.9. The molecule has 11 heteroatoms. The maximum atomic E-state index is 13.4. The van der Waals surface area contributed by atoms with Crippen molar-refractivity contribution in [1.29, 1.82) is 0 Å². The van der Waals surface area contributed by atoms with Gasteiger partial charge in [-0.15, -0.1) is 0 Å². The first kappa shape index (κ1) is 27.8. The summed E-state index contributed by atoms with van der Waals surface area (Å²) in [6, 6.07) is 23.0. The van der Waals surface area contributed by atoms with Crippen molar-refractivity contribution in [3.63, 3.8) is 0 Å². The molecule has 0 bridgehead atoms. The summed E-state index contributed by atoms with van der Waals surface area (Å²) in [7, 11) is -8.25. The second-order valence-corrected chi connectivity index (χ2v) is 11.9. The van der Waals surface area contributed by atoms with Gasteiger partial charge in [-0.1, -0.05) is 60.7 Å². The van der Waals surface area contributed by atoms with Crippen LogP contribution in [-0.2, 0) is 34.4 Å². The molecule has 4 rings (SSSR count). The number of ketones is 1. The van der Waals surface area contributed by atoms with Gasteiger partial charge in [-0.2, -0.15) is 0 Å². The summed E-state index contributed by atoms with van der Waals surface area (Å²) in [5, 5.41) is 0.619. The molecule has 0 fully saturated rings. The zero-order valence-corrected chi connectivity index (χ0v) is 22.8. The minimum absolute atomic E-state index is 0.00185. The van der Waals surface area contributed by atoms with Crippen molar-refractivity contribution in [2.75, 3.05) is 16.1 Å². The van der Waals surface area contributed by atoms with E-state index in [1.807, 2.05) is 0 Å². The van der Waals surface area contributed by atoms with E-state index < -0.39 is 37.7 Å². The van der Waals surface area contributed by atoms with Gasteiger partial charge in [0.2, 0.25) is 0 Å². The summed E-state index contributed by atoms with van der Waals surface area (Å²) < 4.78 is 63.4. The molecule has 4 aromatic carbocycles. The summed E-state index contributed by atoms with van der Waals surface area (Å²) in [5.41, 5.74) is -0.0297. The SMILES string of the molecule is CCOC(=O)[C@H](C(C)=O)c1cc(NS(=O)(=O)c2ccccc2)c2ccccc2c1NS(=O)(=O)c1ccccc1. The number of fused-ring (bicyclic) bond motifs is 1. The zero-order valence-electron chi connectivity index (χ0n) is 21.1. The number of anilines is 2. The lowest BCUT2D eigenvalue weighted by atomic mass is 9.90. The molecule has 39 heavy (non-hydrogen) atoms. The third kappa shape index (κ3) is 5.94. The quantitative estimate of drug-likeness (QED) is 0.210. The Bertz CT molecular complexity index is 1740. The monoisotopic (exact) mass is 566 g/mol. The van der Waals surface area contributed by atoms with Crippen LogP contribution < -0.4 is 9.44 Å². The van der Waals surface area contributed by atoms with Crippen LogP contribution in [0.25, 0.3) is 10.8 Å². The Morgan fingerprint density at radius 2 is 1.23 bits per heavy atom. The van der Waals surface area contributed by atoms with Crippen LogP contribution in [0.3, 0.4) is 0 Å². The Labute approximate surface area is 226 Å². The summed E-state index contributed by atoms with van der Waals surface area (Å²) in [4.78, 5) is 25.7. The van der Waals surface area contributed by atoms with Crippen LogP contribution >= 0.6 is 0 Å². The van der Waals surface area contributed by atoms with Gasteiger partial charge in [-0.25, -0.2) is 16.8 Å². The third-order valence-corrected chi connectivity index (χ3v) is 8.65. The fraction of sp³-hybridized carbons (Fsp3) is 0.143. The molecule has 0 heterocycles. The zero-order chi connectivity index (χ0) is 28.2. The molecular weight excluding hydrogens is 540 g/mol. The molecule has 0 aliphatic rings. The maximum Gasteiger partial charge on any atom is 0.321 e. The molecule has 0 aromatic heterocycles. The van der Waals surface area contributed by atoms with E-state index >= 15 is 0 Å². The second kappa shape index (κ2) is 11.3. The van der Waals surface area contributed by atoms with Crippen molar-refractivity contribution in [2.45, 2.75) is 29.6 Å². The van der Waals surface area contributed by atoms with E-state index in [0.29, 0.717) is 5.39 Å². The number of nitrogens with one attached hydrogen (secondary N) is 2. The van der Waals surface area contributed by atoms with Gasteiger partial charge in [0.1, 0.15) is 11.7 Å². The first-order valence-corrected chi connectivity index (χ1v) is 14.9. The van der Waals surface area contributed by atoms with Crippen LogP contribution in [0, 0.1) is 0 Å². The van der Waals surface area contributed by atoms with E-state index in [2.05, 4.69) is 9.44 Å². The number of carbonyl (C=O) groups excluding carboxylic acids is 2. The van der Waals surface area contributed by atoms with Crippen LogP contribution in [0.1, 0.15) is 25.3 Å². The number of Topliss-reactive ketones (excluding diaryl/α,β-unsaturated/α-hetero) is 1. The molecule has 0 saturated carbocycles. The van der Waals surface area contributed by atoms with Crippen molar-refractivity contribution in [2.24, 2.45) is 0 Å². The largest absolute Gasteiger partial charge is 0.465 e. The fourth-order valence-corrected chi connectivity index (χ4v) is 6.38. The van der Waals surface area contributed by atoms with Gasteiger partial charge < -0.3 is 4.74 Å². The van der Waals surface area contributed by atoms with Crippen LogP contribution in [0.5, 0.6) is 0 Å². The van der Waals surface area contributed by atoms with Crippen LogP contribution in [0.2, 0.25) is 0 Å². The molecule has 0 spiro atoms. The summed E-state index contributed by atoms with van der Waals surface area (Å²) in [5.74, 6) is -3.03. The van der Waals surface area contributed by atoms with Gasteiger partial charge in [0, 0.05) is 16.3 Å². The van der Waals surface area contributed by atoms with Crippen LogP contribution in [0.15, 0.2) is 101 Å². The van der Waals surface area contributed by atoms with Crippen molar-refractivity contribution >= 4 is 53.9 Å². The first-order chi connectivity index (χ1) is 18.5. The minimum Gasteiger partial charge on any atom is -0.465 e. The lowest BCUT2D eigenvalue weighted by Crippen LogP contribution is -2.25. The molecule has 0 saturated heterocycles. The standard InChI is InChI=1S/C28H26N2O7S2/c1-3-37-28(32)26(19(2)31)24-18-25(29-38(33,34)20-12-6-4-7-13-20)22-16-10-11-17-23(22)27(24)30-39(35,36)21-14-8-5-9-15-21/h4-18,26,29-30H,3H2,1-2H3/t26-/m1/s1. The van der Waals surface area contributed by atoms with E-state index in [1.54, 1.807) is 67.6 Å². The van der Waals surface area contributed by atoms with Gasteiger partial charge in [0.05, 0.1) is 27.8 Å². The number of benzene rings is 4. The highest BCUT2D eigenvalue weighted by Gasteiger charge is 2.33. The highest BCUT2D eigenvalue weighted by atomic mass is 32.2. The second-order valence-electron chi connectivity index (χ2n) is 8.57. The van der Waals surface area contributed by atoms with Crippen molar-refractivity contribution < 1.29 is 31.2 Å². The van der Waals surface area contributed by atoms with Gasteiger partial charge in [-0.3, -0.25) is 19.0 Å². The fourth-order valence-electron chi connectivity index (χ4n) is 4.16. The van der Waals surface area contributed by atoms with E-state index in [-0.39, 0.29) is 38.7 Å². The number of ether oxygens (including phenoxy) is 1. The lowest BCUT2D eigenvalue weighted by Gasteiger charge is -2.22. The van der Waals surface area contributed by atoms with Gasteiger partial charge in [0.15, 0.2) is 0 Å². The highest BCUT2D eigenvalue weighted by molar-refractivity contribution is 7.93. The molecule has 4 aromatic rings. The predicted octanol–water partition coefficient (Wildman–Crippen LogP) is 4.68. The van der Waals surface area contributed by atoms with Crippen molar-refractivity contribution in [3.8, 4) is 0 Å². The molecule has 9 nitrogen and oxygen atoms in total. The number of hydrogen-bond acceptors (Lipinski definition) is 7. The summed E-state index contributed by atoms with van der Waals surface area (Å²) in [6.07, 6.45) is 0. The molecule has 202 valence electrons. The van der Waals surface area contributed by atoms with Crippen molar-refractivity contribution in [3.05, 3.63) is 96.6 Å². The Morgan fingerprint density at radius 3 is 1.74 bits per heavy atom. The number of sulfonamides is 2. The normalized spacial score (nSPS) is 12.5. The average molecular weight is 567 g/mol. The molecule has 0 amide bonds. The predicted molar refractivity (Wildman–Crippen MR) is 149 cm³/mol. The van der Waals surface area contributed by atoms with Crippen LogP contribution in [0.4, 0.5) is 11.4 Å². The Hall–Kier alpha value is -4.22. The minimum atomic E-state index is -4.17.